The highest BCUT2D eigenvalue weighted by Gasteiger charge is 2.42. The molecular formula is C16H30N4O5S. The summed E-state index contributed by atoms with van der Waals surface area (Å²) in [5.74, 6) is -2.72. The van der Waals surface area contributed by atoms with Crippen molar-refractivity contribution in [3.8, 4) is 0 Å². The number of carboxylic acid groups (broad SMARTS) is 1. The minimum absolute atomic E-state index is 0.191. The van der Waals surface area contributed by atoms with E-state index in [4.69, 9.17) is 0 Å². The Hall–Kier alpha value is -1.23. The number of amides is 1. The summed E-state index contributed by atoms with van der Waals surface area (Å²) in [7, 11) is -1.58. The van der Waals surface area contributed by atoms with Crippen LogP contribution in [0.2, 0.25) is 0 Å². The van der Waals surface area contributed by atoms with Crippen molar-refractivity contribution in [1.29, 1.82) is 0 Å². The lowest BCUT2D eigenvalue weighted by Crippen LogP contribution is -2.58. The summed E-state index contributed by atoms with van der Waals surface area (Å²) in [5.41, 5.74) is -0.702. The highest BCUT2D eigenvalue weighted by Crippen LogP contribution is 2.28. The number of aliphatic carboxylic acids is 1. The fraction of sp³-hybridized carbons (Fsp3) is 0.875. The van der Waals surface area contributed by atoms with Crippen LogP contribution in [0.3, 0.4) is 0 Å². The molecule has 2 rings (SSSR count). The van der Waals surface area contributed by atoms with Gasteiger partial charge in [0.2, 0.25) is 5.91 Å². The molecule has 10 heteroatoms. The first-order valence-electron chi connectivity index (χ1n) is 8.90. The van der Waals surface area contributed by atoms with E-state index in [1.54, 1.807) is 20.8 Å². The van der Waals surface area contributed by atoms with Crippen LogP contribution >= 0.6 is 0 Å². The average Bonchev–Trinajstić information content (AvgIpc) is 2.53. The van der Waals surface area contributed by atoms with E-state index in [1.807, 2.05) is 7.05 Å². The van der Waals surface area contributed by atoms with Crippen LogP contribution in [0.5, 0.6) is 0 Å². The number of rotatable bonds is 4. The van der Waals surface area contributed by atoms with Gasteiger partial charge in [0.15, 0.2) is 0 Å². The van der Waals surface area contributed by atoms with Crippen LogP contribution < -0.4 is 0 Å². The number of hydrogen-bond acceptors (Lipinski definition) is 5. The Morgan fingerprint density at radius 3 is 1.69 bits per heavy atom. The van der Waals surface area contributed by atoms with E-state index in [2.05, 4.69) is 4.90 Å². The van der Waals surface area contributed by atoms with E-state index < -0.39 is 33.4 Å². The summed E-state index contributed by atoms with van der Waals surface area (Å²) in [4.78, 5) is 27.7. The Morgan fingerprint density at radius 2 is 1.31 bits per heavy atom. The maximum absolute atomic E-state index is 12.8. The van der Waals surface area contributed by atoms with E-state index in [1.165, 1.54) is 13.5 Å². The molecule has 2 aliphatic rings. The number of nitrogens with zero attached hydrogens (tertiary/aromatic N) is 4. The lowest BCUT2D eigenvalue weighted by molar-refractivity contribution is -0.156. The second-order valence-electron chi connectivity index (χ2n) is 8.07. The summed E-state index contributed by atoms with van der Waals surface area (Å²) in [6.07, 6.45) is 0. The fourth-order valence-electron chi connectivity index (χ4n) is 3.35. The molecule has 1 amide bonds. The molecule has 9 nitrogen and oxygen atoms in total. The molecule has 1 unspecified atom stereocenters. The molecule has 0 aliphatic carbocycles. The van der Waals surface area contributed by atoms with Gasteiger partial charge in [-0.2, -0.15) is 17.0 Å². The zero-order valence-electron chi connectivity index (χ0n) is 16.0. The van der Waals surface area contributed by atoms with Crippen molar-refractivity contribution >= 4 is 22.1 Å². The van der Waals surface area contributed by atoms with E-state index in [0.29, 0.717) is 26.2 Å². The second kappa shape index (κ2) is 7.79. The van der Waals surface area contributed by atoms with Crippen molar-refractivity contribution in [3.63, 3.8) is 0 Å². The molecule has 150 valence electrons. The maximum atomic E-state index is 12.8. The second-order valence-corrected chi connectivity index (χ2v) is 10.0. The zero-order valence-corrected chi connectivity index (χ0v) is 16.8. The number of carboxylic acids is 1. The summed E-state index contributed by atoms with van der Waals surface area (Å²) in [6, 6.07) is 0. The van der Waals surface area contributed by atoms with Gasteiger partial charge in [-0.05, 0) is 12.5 Å². The van der Waals surface area contributed by atoms with E-state index in [-0.39, 0.29) is 26.2 Å². The molecule has 0 aromatic carbocycles. The van der Waals surface area contributed by atoms with Crippen LogP contribution in [-0.4, -0.2) is 103 Å². The molecule has 2 saturated heterocycles. The van der Waals surface area contributed by atoms with Crippen LogP contribution in [0, 0.1) is 11.3 Å². The number of likely N-dealkylation sites (N-methyl/N-ethyl adjacent to an activating group) is 1. The van der Waals surface area contributed by atoms with Crippen LogP contribution in [0.15, 0.2) is 0 Å². The Balaban J connectivity index is 2.00. The Labute approximate surface area is 155 Å². The minimum Gasteiger partial charge on any atom is -0.481 e. The summed E-state index contributed by atoms with van der Waals surface area (Å²) < 4.78 is 28.4. The molecule has 0 spiro atoms. The van der Waals surface area contributed by atoms with Crippen LogP contribution in [0.1, 0.15) is 20.8 Å². The van der Waals surface area contributed by atoms with E-state index in [0.717, 1.165) is 0 Å². The van der Waals surface area contributed by atoms with Crippen LogP contribution in [-0.2, 0) is 19.8 Å². The highest BCUT2D eigenvalue weighted by atomic mass is 32.2. The molecule has 1 atom stereocenters. The van der Waals surface area contributed by atoms with Gasteiger partial charge in [-0.1, -0.05) is 20.8 Å². The molecular weight excluding hydrogens is 360 g/mol. The predicted octanol–water partition coefficient (Wildman–Crippen LogP) is -0.630. The first-order valence-corrected chi connectivity index (χ1v) is 10.3. The Kier molecular flexibility index (Phi) is 6.32. The van der Waals surface area contributed by atoms with Gasteiger partial charge in [-0.15, -0.1) is 0 Å². The quantitative estimate of drug-likeness (QED) is 0.642. The highest BCUT2D eigenvalue weighted by molar-refractivity contribution is 7.86. The standard InChI is InChI=1S/C16H30N4O5S/c1-16(2,3)13(15(22)23)14(21)18-7-11-20(12-8-18)26(24,25)19-9-5-17(4)6-10-19/h13H,5-12H2,1-4H3,(H,22,23). The first kappa shape index (κ1) is 21.1. The van der Waals surface area contributed by atoms with Crippen molar-refractivity contribution in [1.82, 2.24) is 18.4 Å². The third-order valence-corrected chi connectivity index (χ3v) is 7.06. The van der Waals surface area contributed by atoms with Crippen molar-refractivity contribution in [2.45, 2.75) is 20.8 Å². The summed E-state index contributed by atoms with van der Waals surface area (Å²) in [5, 5.41) is 9.42. The molecule has 2 aliphatic heterocycles. The third-order valence-electron chi connectivity index (χ3n) is 5.03. The maximum Gasteiger partial charge on any atom is 0.316 e. The first-order chi connectivity index (χ1) is 11.9. The van der Waals surface area contributed by atoms with E-state index in [9.17, 15) is 23.1 Å². The number of piperazine rings is 2. The molecule has 2 heterocycles. The number of carbonyl (C=O) groups is 2. The van der Waals surface area contributed by atoms with Crippen LogP contribution in [0.4, 0.5) is 0 Å². The third kappa shape index (κ3) is 4.54. The normalized spacial score (nSPS) is 23.0. The molecule has 2 fully saturated rings. The number of carbonyl (C=O) groups excluding carboxylic acids is 1. The van der Waals surface area contributed by atoms with Gasteiger partial charge in [0, 0.05) is 52.4 Å². The lowest BCUT2D eigenvalue weighted by Gasteiger charge is -2.40. The Morgan fingerprint density at radius 1 is 0.885 bits per heavy atom. The largest absolute Gasteiger partial charge is 0.481 e. The van der Waals surface area contributed by atoms with Crippen molar-refractivity contribution in [2.75, 3.05) is 59.4 Å². The lowest BCUT2D eigenvalue weighted by atomic mass is 9.79. The molecule has 0 saturated carbocycles. The van der Waals surface area contributed by atoms with E-state index >= 15 is 0 Å². The van der Waals surface area contributed by atoms with Gasteiger partial charge in [-0.25, -0.2) is 0 Å². The molecule has 0 radical (unpaired) electrons. The number of hydrogen-bond donors (Lipinski definition) is 1. The van der Waals surface area contributed by atoms with Gasteiger partial charge in [0.1, 0.15) is 5.92 Å². The summed E-state index contributed by atoms with van der Waals surface area (Å²) >= 11 is 0. The monoisotopic (exact) mass is 390 g/mol. The van der Waals surface area contributed by atoms with Crippen molar-refractivity contribution in [3.05, 3.63) is 0 Å². The zero-order chi connectivity index (χ0) is 19.7. The van der Waals surface area contributed by atoms with Crippen LogP contribution in [0.25, 0.3) is 0 Å². The SMILES string of the molecule is CN1CCN(S(=O)(=O)N2CCN(C(=O)C(C(=O)O)C(C)(C)C)CC2)CC1. The van der Waals surface area contributed by atoms with Gasteiger partial charge in [-0.3, -0.25) is 9.59 Å². The topological polar surface area (TPSA) is 101 Å². The van der Waals surface area contributed by atoms with Gasteiger partial charge in [0.05, 0.1) is 0 Å². The van der Waals surface area contributed by atoms with Gasteiger partial charge in [0.25, 0.3) is 10.2 Å². The smallest absolute Gasteiger partial charge is 0.316 e. The average molecular weight is 391 g/mol. The molecule has 1 N–H and O–H groups in total. The fourth-order valence-corrected chi connectivity index (χ4v) is 4.93. The molecule has 0 aromatic heterocycles. The predicted molar refractivity (Wildman–Crippen MR) is 96.7 cm³/mol. The minimum atomic E-state index is -3.54. The summed E-state index contributed by atoms with van der Waals surface area (Å²) in [6.45, 7) is 8.29. The Bertz CT molecular complexity index is 630. The molecule has 0 bridgehead atoms. The molecule has 26 heavy (non-hydrogen) atoms. The van der Waals surface area contributed by atoms with Crippen molar-refractivity contribution in [2.24, 2.45) is 11.3 Å². The van der Waals surface area contributed by atoms with Gasteiger partial charge < -0.3 is 14.9 Å². The van der Waals surface area contributed by atoms with Gasteiger partial charge >= 0.3 is 5.97 Å². The molecule has 0 aromatic rings. The van der Waals surface area contributed by atoms with Crippen molar-refractivity contribution < 1.29 is 23.1 Å².